The molecule has 2 rings (SSSR count). The smallest absolute Gasteiger partial charge is 0.339 e. The minimum atomic E-state index is -0.379. The fourth-order valence-electron chi connectivity index (χ4n) is 2.01. The number of hydrogen-bond acceptors (Lipinski definition) is 2. The summed E-state index contributed by atoms with van der Waals surface area (Å²) >= 11 is 6.16. The summed E-state index contributed by atoms with van der Waals surface area (Å²) in [4.78, 5) is 11.4. The molecule has 0 saturated carbocycles. The summed E-state index contributed by atoms with van der Waals surface area (Å²) < 4.78 is 4.66. The summed E-state index contributed by atoms with van der Waals surface area (Å²) in [6.45, 7) is 0. The van der Waals surface area contributed by atoms with Crippen molar-refractivity contribution in [1.82, 2.24) is 0 Å². The number of esters is 1. The lowest BCUT2D eigenvalue weighted by molar-refractivity contribution is -0.425. The molecular weight excluding hydrogens is 249 g/mol. The van der Waals surface area contributed by atoms with Gasteiger partial charge in [-0.2, -0.15) is 0 Å². The minimum Gasteiger partial charge on any atom is -1.00 e. The summed E-state index contributed by atoms with van der Waals surface area (Å²) in [7, 11) is 1.36. The molecule has 1 aromatic rings. The van der Waals surface area contributed by atoms with E-state index in [1.54, 1.807) is 6.07 Å². The average Bonchev–Trinajstić information content (AvgIpc) is 2.61. The number of quaternary nitrogens is 1. The van der Waals surface area contributed by atoms with Crippen molar-refractivity contribution >= 4 is 17.6 Å². The second-order valence-corrected chi connectivity index (χ2v) is 4.10. The maximum absolute atomic E-state index is 11.4. The van der Waals surface area contributed by atoms with E-state index in [-0.39, 0.29) is 18.4 Å². The molecule has 1 aromatic carbocycles. The van der Waals surface area contributed by atoms with E-state index in [2.05, 4.69) is 10.5 Å². The van der Waals surface area contributed by atoms with Gasteiger partial charge in [0.25, 0.3) is 0 Å². The van der Waals surface area contributed by atoms with Gasteiger partial charge in [0.2, 0.25) is 0 Å². The fraction of sp³-hybridized carbons (Fsp3) is 0.364. The van der Waals surface area contributed by atoms with Gasteiger partial charge in [0.15, 0.2) is 0 Å². The highest BCUT2D eigenvalue weighted by Crippen LogP contribution is 2.35. The third kappa shape index (κ3) is 2.03. The number of halogens is 2. The van der Waals surface area contributed by atoms with Gasteiger partial charge in [-0.1, -0.05) is 17.7 Å². The van der Waals surface area contributed by atoms with Crippen LogP contribution in [0.1, 0.15) is 33.9 Å². The monoisotopic (exact) mass is 261 g/mol. The zero-order valence-electron chi connectivity index (χ0n) is 8.93. The number of carbonyl (C=O) groups excluding carboxylic acids is 1. The summed E-state index contributed by atoms with van der Waals surface area (Å²) in [5.41, 5.74) is 6.71. The molecule has 88 valence electrons. The van der Waals surface area contributed by atoms with Crippen LogP contribution in [0.15, 0.2) is 12.1 Å². The molecule has 0 heterocycles. The first-order chi connectivity index (χ1) is 7.15. The van der Waals surface area contributed by atoms with E-state index in [9.17, 15) is 4.79 Å². The molecule has 0 fully saturated rings. The van der Waals surface area contributed by atoms with Gasteiger partial charge in [-0.15, -0.1) is 0 Å². The standard InChI is InChI=1S/C11H12ClNO2.ClH/c1-15-11(14)8-3-2-6-7(10(8)12)4-5-9(6)13;/h2-3,9H,4-5,13H2,1H3;1H. The lowest BCUT2D eigenvalue weighted by atomic mass is 10.0. The van der Waals surface area contributed by atoms with Crippen LogP contribution >= 0.6 is 11.6 Å². The molecule has 5 heteroatoms. The van der Waals surface area contributed by atoms with Crippen LogP contribution in [0.5, 0.6) is 0 Å². The average molecular weight is 262 g/mol. The third-order valence-corrected chi connectivity index (χ3v) is 3.30. The van der Waals surface area contributed by atoms with Gasteiger partial charge in [0.05, 0.1) is 17.7 Å². The van der Waals surface area contributed by atoms with Gasteiger partial charge in [-0.05, 0) is 18.1 Å². The molecule has 0 spiro atoms. The maximum atomic E-state index is 11.4. The molecule has 0 bridgehead atoms. The number of fused-ring (bicyclic) bond motifs is 1. The lowest BCUT2D eigenvalue weighted by Gasteiger charge is -2.07. The zero-order valence-corrected chi connectivity index (χ0v) is 10.4. The van der Waals surface area contributed by atoms with Gasteiger partial charge >= 0.3 is 5.97 Å². The maximum Gasteiger partial charge on any atom is 0.339 e. The number of benzene rings is 1. The van der Waals surface area contributed by atoms with Crippen molar-refractivity contribution in [2.24, 2.45) is 0 Å². The van der Waals surface area contributed by atoms with Crippen molar-refractivity contribution in [3.63, 3.8) is 0 Å². The van der Waals surface area contributed by atoms with E-state index in [1.807, 2.05) is 6.07 Å². The topological polar surface area (TPSA) is 53.9 Å². The van der Waals surface area contributed by atoms with Crippen LogP contribution < -0.4 is 18.1 Å². The Kier molecular flexibility index (Phi) is 4.19. The minimum absolute atomic E-state index is 0. The largest absolute Gasteiger partial charge is 1.00 e. The van der Waals surface area contributed by atoms with Crippen LogP contribution in [0.25, 0.3) is 0 Å². The highest BCUT2D eigenvalue weighted by atomic mass is 35.5. The van der Waals surface area contributed by atoms with Gasteiger partial charge in [-0.25, -0.2) is 4.79 Å². The molecule has 3 nitrogen and oxygen atoms in total. The molecule has 0 saturated heterocycles. The van der Waals surface area contributed by atoms with Crippen LogP contribution in [-0.4, -0.2) is 13.1 Å². The van der Waals surface area contributed by atoms with Crippen molar-refractivity contribution in [3.05, 3.63) is 33.8 Å². The Hall–Kier alpha value is -0.770. The molecule has 3 N–H and O–H groups in total. The number of methoxy groups -OCH3 is 1. The van der Waals surface area contributed by atoms with Gasteiger partial charge in [0.1, 0.15) is 6.04 Å². The molecule has 1 atom stereocenters. The predicted molar refractivity (Wildman–Crippen MR) is 56.7 cm³/mol. The van der Waals surface area contributed by atoms with E-state index >= 15 is 0 Å². The van der Waals surface area contributed by atoms with Crippen molar-refractivity contribution in [2.45, 2.75) is 18.9 Å². The summed E-state index contributed by atoms with van der Waals surface area (Å²) in [6.07, 6.45) is 1.90. The Morgan fingerprint density at radius 1 is 1.56 bits per heavy atom. The summed E-state index contributed by atoms with van der Waals surface area (Å²) in [5.74, 6) is -0.379. The second-order valence-electron chi connectivity index (χ2n) is 3.72. The quantitative estimate of drug-likeness (QED) is 0.617. The van der Waals surface area contributed by atoms with Crippen LogP contribution in [0.4, 0.5) is 0 Å². The van der Waals surface area contributed by atoms with E-state index in [0.29, 0.717) is 16.6 Å². The van der Waals surface area contributed by atoms with Crippen LogP contribution in [0, 0.1) is 0 Å². The van der Waals surface area contributed by atoms with Gasteiger partial charge in [0, 0.05) is 12.0 Å². The SMILES string of the molecule is COC(=O)c1ccc2c(c1Cl)CCC2[NH3+].[Cl-]. The second kappa shape index (κ2) is 5.04. The Balaban J connectivity index is 0.00000128. The molecular formula is C11H13Cl2NO2. The van der Waals surface area contributed by atoms with Gasteiger partial charge < -0.3 is 22.9 Å². The molecule has 0 aliphatic heterocycles. The van der Waals surface area contributed by atoms with E-state index in [1.165, 1.54) is 7.11 Å². The van der Waals surface area contributed by atoms with Crippen molar-refractivity contribution in [1.29, 1.82) is 0 Å². The number of carbonyl (C=O) groups is 1. The first-order valence-electron chi connectivity index (χ1n) is 4.87. The van der Waals surface area contributed by atoms with Crippen molar-refractivity contribution in [3.8, 4) is 0 Å². The van der Waals surface area contributed by atoms with Crippen LogP contribution in [0.2, 0.25) is 5.02 Å². The summed E-state index contributed by atoms with van der Waals surface area (Å²) in [6, 6.07) is 3.94. The van der Waals surface area contributed by atoms with Gasteiger partial charge in [-0.3, -0.25) is 0 Å². The molecule has 16 heavy (non-hydrogen) atoms. The van der Waals surface area contributed by atoms with Crippen LogP contribution in [-0.2, 0) is 11.2 Å². The first-order valence-corrected chi connectivity index (χ1v) is 5.25. The third-order valence-electron chi connectivity index (χ3n) is 2.87. The molecule has 1 aliphatic rings. The predicted octanol–water partition coefficient (Wildman–Crippen LogP) is -1.64. The molecule has 1 unspecified atom stereocenters. The number of ether oxygens (including phenoxy) is 1. The molecule has 0 radical (unpaired) electrons. The Morgan fingerprint density at radius 2 is 2.25 bits per heavy atom. The fourth-order valence-corrected chi connectivity index (χ4v) is 2.36. The van der Waals surface area contributed by atoms with E-state index in [4.69, 9.17) is 11.6 Å². The normalized spacial score (nSPS) is 17.6. The van der Waals surface area contributed by atoms with E-state index in [0.717, 1.165) is 24.0 Å². The molecule has 0 aromatic heterocycles. The number of hydrogen-bond donors (Lipinski definition) is 1. The Labute approximate surface area is 105 Å². The molecule has 0 amide bonds. The highest BCUT2D eigenvalue weighted by molar-refractivity contribution is 6.34. The zero-order chi connectivity index (χ0) is 11.0. The lowest BCUT2D eigenvalue weighted by Crippen LogP contribution is -3.00. The first kappa shape index (κ1) is 13.3. The van der Waals surface area contributed by atoms with Crippen molar-refractivity contribution < 1.29 is 27.7 Å². The highest BCUT2D eigenvalue weighted by Gasteiger charge is 2.27. The Bertz CT molecular complexity index is 421. The molecule has 1 aliphatic carbocycles. The number of rotatable bonds is 1. The Morgan fingerprint density at radius 3 is 2.88 bits per heavy atom. The van der Waals surface area contributed by atoms with E-state index < -0.39 is 0 Å². The van der Waals surface area contributed by atoms with Crippen LogP contribution in [0.3, 0.4) is 0 Å². The summed E-state index contributed by atoms with van der Waals surface area (Å²) in [5, 5.41) is 0.533. The van der Waals surface area contributed by atoms with Crippen molar-refractivity contribution in [2.75, 3.05) is 7.11 Å².